The molecule has 8 heteroatoms. The normalized spacial score (nSPS) is 13.3. The van der Waals surface area contributed by atoms with Crippen LogP contribution in [0.1, 0.15) is 43.3 Å². The van der Waals surface area contributed by atoms with Gasteiger partial charge in [0.05, 0.1) is 17.2 Å². The quantitative estimate of drug-likeness (QED) is 0.583. The van der Waals surface area contributed by atoms with E-state index in [1.54, 1.807) is 30.3 Å². The van der Waals surface area contributed by atoms with Gasteiger partial charge in [-0.3, -0.25) is 4.99 Å². The topological polar surface area (TPSA) is 78.9 Å². The summed E-state index contributed by atoms with van der Waals surface area (Å²) in [6.07, 6.45) is -0.303. The number of hydrogen-bond donors (Lipinski definition) is 2. The minimum Gasteiger partial charge on any atom is -0.444 e. The number of aromatic nitrogens is 1. The number of hydrogen-bond acceptors (Lipinski definition) is 5. The number of thiazole rings is 1. The van der Waals surface area contributed by atoms with Crippen LogP contribution >= 0.6 is 11.3 Å². The summed E-state index contributed by atoms with van der Waals surface area (Å²) >= 11 is 1.69. The lowest BCUT2D eigenvalue weighted by molar-refractivity contribution is 0.0278. The molecule has 7 nitrogen and oxygen atoms in total. The molecule has 0 aliphatic rings. The Labute approximate surface area is 161 Å². The van der Waals surface area contributed by atoms with Gasteiger partial charge in [-0.1, -0.05) is 6.92 Å². The lowest BCUT2D eigenvalue weighted by Gasteiger charge is -2.26. The van der Waals surface area contributed by atoms with Gasteiger partial charge in [-0.2, -0.15) is 0 Å². The molecule has 1 aromatic rings. The summed E-state index contributed by atoms with van der Waals surface area (Å²) in [7, 11) is 3.50. The second kappa shape index (κ2) is 9.75. The van der Waals surface area contributed by atoms with E-state index in [0.29, 0.717) is 19.6 Å². The number of nitrogens with one attached hydrogen (secondary N) is 2. The summed E-state index contributed by atoms with van der Waals surface area (Å²) in [6, 6.07) is 0. The molecular weight excluding hydrogens is 350 g/mol. The van der Waals surface area contributed by atoms with E-state index in [0.717, 1.165) is 16.7 Å². The van der Waals surface area contributed by atoms with E-state index in [-0.39, 0.29) is 12.0 Å². The molecule has 1 atom stereocenters. The Hall–Kier alpha value is -1.83. The Morgan fingerprint density at radius 2 is 2.00 bits per heavy atom. The monoisotopic (exact) mass is 383 g/mol. The third-order valence-electron chi connectivity index (χ3n) is 3.55. The summed E-state index contributed by atoms with van der Waals surface area (Å²) in [6.45, 7) is 13.7. The molecule has 0 fully saturated rings. The fraction of sp³-hybridized carbons (Fsp3) is 0.722. The molecular formula is C18H33N5O2S. The molecule has 0 saturated heterocycles. The van der Waals surface area contributed by atoms with Crippen LogP contribution in [0.5, 0.6) is 0 Å². The van der Waals surface area contributed by atoms with E-state index in [1.165, 1.54) is 4.88 Å². The zero-order valence-corrected chi connectivity index (χ0v) is 18.1. The Kier molecular flexibility index (Phi) is 8.33. The van der Waals surface area contributed by atoms with Crippen molar-refractivity contribution >= 4 is 23.4 Å². The van der Waals surface area contributed by atoms with Crippen molar-refractivity contribution in [1.82, 2.24) is 20.5 Å². The van der Waals surface area contributed by atoms with E-state index in [4.69, 9.17) is 4.74 Å². The minimum atomic E-state index is -0.480. The van der Waals surface area contributed by atoms with Crippen LogP contribution in [0.15, 0.2) is 4.99 Å². The molecule has 148 valence electrons. The molecule has 0 saturated carbocycles. The van der Waals surface area contributed by atoms with Crippen molar-refractivity contribution in [3.05, 3.63) is 15.6 Å². The van der Waals surface area contributed by atoms with E-state index in [1.807, 2.05) is 34.6 Å². The van der Waals surface area contributed by atoms with Crippen LogP contribution < -0.4 is 10.6 Å². The van der Waals surface area contributed by atoms with Crippen molar-refractivity contribution < 1.29 is 9.53 Å². The lowest BCUT2D eigenvalue weighted by atomic mass is 10.1. The Morgan fingerprint density at radius 3 is 2.50 bits per heavy atom. The number of guanidine groups is 1. The molecule has 0 bridgehead atoms. The van der Waals surface area contributed by atoms with Crippen molar-refractivity contribution in [2.45, 2.75) is 53.7 Å². The maximum Gasteiger partial charge on any atom is 0.410 e. The summed E-state index contributed by atoms with van der Waals surface area (Å²) in [5.41, 5.74) is 0.578. The summed E-state index contributed by atoms with van der Waals surface area (Å²) in [4.78, 5) is 23.5. The minimum absolute atomic E-state index is 0.249. The lowest BCUT2D eigenvalue weighted by Crippen LogP contribution is -2.42. The van der Waals surface area contributed by atoms with Crippen molar-refractivity contribution in [3.63, 3.8) is 0 Å². The Morgan fingerprint density at radius 1 is 1.35 bits per heavy atom. The van der Waals surface area contributed by atoms with Crippen LogP contribution in [0.25, 0.3) is 0 Å². The van der Waals surface area contributed by atoms with E-state index >= 15 is 0 Å². The number of nitrogens with zero attached hydrogens (tertiary/aromatic N) is 3. The van der Waals surface area contributed by atoms with Gasteiger partial charge in [0.25, 0.3) is 0 Å². The highest BCUT2D eigenvalue weighted by molar-refractivity contribution is 7.11. The molecule has 26 heavy (non-hydrogen) atoms. The molecule has 0 aromatic carbocycles. The summed E-state index contributed by atoms with van der Waals surface area (Å²) in [5, 5.41) is 7.68. The predicted molar refractivity (Wildman–Crippen MR) is 108 cm³/mol. The maximum atomic E-state index is 12.0. The summed E-state index contributed by atoms with van der Waals surface area (Å²) < 4.78 is 5.37. The first-order valence-corrected chi connectivity index (χ1v) is 9.65. The van der Waals surface area contributed by atoms with Gasteiger partial charge in [-0.25, -0.2) is 9.78 Å². The van der Waals surface area contributed by atoms with Crippen LogP contribution in [0.4, 0.5) is 4.79 Å². The number of rotatable bonds is 6. The van der Waals surface area contributed by atoms with Crippen LogP contribution in [-0.2, 0) is 11.3 Å². The molecule has 0 aliphatic heterocycles. The molecule has 1 rings (SSSR count). The number of ether oxygens (including phenoxy) is 1. The number of carbonyl (C=O) groups excluding carboxylic acids is 1. The third kappa shape index (κ3) is 8.03. The molecule has 1 amide bonds. The highest BCUT2D eigenvalue weighted by Crippen LogP contribution is 2.16. The highest BCUT2D eigenvalue weighted by atomic mass is 32.1. The molecule has 1 aromatic heterocycles. The smallest absolute Gasteiger partial charge is 0.410 e. The van der Waals surface area contributed by atoms with E-state index in [2.05, 4.69) is 27.5 Å². The number of carbonyl (C=O) groups is 1. The summed E-state index contributed by atoms with van der Waals surface area (Å²) in [5.74, 6) is 0.987. The van der Waals surface area contributed by atoms with Gasteiger partial charge in [0, 0.05) is 32.1 Å². The number of amides is 1. The molecule has 1 heterocycles. The van der Waals surface area contributed by atoms with Crippen LogP contribution in [-0.4, -0.2) is 54.7 Å². The number of aryl methyl sites for hydroxylation is 2. The first kappa shape index (κ1) is 22.2. The first-order chi connectivity index (χ1) is 12.0. The fourth-order valence-electron chi connectivity index (χ4n) is 2.34. The van der Waals surface area contributed by atoms with Gasteiger partial charge in [0.2, 0.25) is 0 Å². The molecule has 0 aliphatic carbocycles. The van der Waals surface area contributed by atoms with Gasteiger partial charge >= 0.3 is 6.09 Å². The predicted octanol–water partition coefficient (Wildman–Crippen LogP) is 2.93. The molecule has 0 radical (unpaired) electrons. The standard InChI is InChI=1S/C18H33N5O2S/c1-12(11-23(8)17(24)25-18(4,5)6)9-20-16(19-7)21-10-15-13(2)22-14(3)26-15/h12H,9-11H2,1-8H3,(H2,19,20,21). The average molecular weight is 384 g/mol. The Balaban J connectivity index is 2.40. The van der Waals surface area contributed by atoms with E-state index in [9.17, 15) is 4.79 Å². The highest BCUT2D eigenvalue weighted by Gasteiger charge is 2.20. The zero-order valence-electron chi connectivity index (χ0n) is 17.3. The molecule has 0 spiro atoms. The van der Waals surface area contributed by atoms with E-state index < -0.39 is 5.60 Å². The zero-order chi connectivity index (χ0) is 19.9. The molecule has 2 N–H and O–H groups in total. The van der Waals surface area contributed by atoms with Gasteiger partial charge in [-0.15, -0.1) is 11.3 Å². The maximum absolute atomic E-state index is 12.0. The van der Waals surface area contributed by atoms with Crippen molar-refractivity contribution in [1.29, 1.82) is 0 Å². The first-order valence-electron chi connectivity index (χ1n) is 8.83. The second-order valence-electron chi connectivity index (χ2n) is 7.51. The average Bonchev–Trinajstić information content (AvgIpc) is 2.83. The second-order valence-corrected chi connectivity index (χ2v) is 8.80. The molecule has 1 unspecified atom stereocenters. The van der Waals surface area contributed by atoms with Gasteiger partial charge in [0.1, 0.15) is 5.60 Å². The van der Waals surface area contributed by atoms with Crippen LogP contribution in [0.3, 0.4) is 0 Å². The SMILES string of the molecule is CN=C(NCc1sc(C)nc1C)NCC(C)CN(C)C(=O)OC(C)(C)C. The van der Waals surface area contributed by atoms with Crippen LogP contribution in [0, 0.1) is 19.8 Å². The Bertz CT molecular complexity index is 622. The van der Waals surface area contributed by atoms with Gasteiger partial charge in [-0.05, 0) is 40.5 Å². The fourth-order valence-corrected chi connectivity index (χ4v) is 3.22. The number of aliphatic imine (C=N–C) groups is 1. The van der Waals surface area contributed by atoms with Crippen molar-refractivity contribution in [2.24, 2.45) is 10.9 Å². The van der Waals surface area contributed by atoms with Crippen molar-refractivity contribution in [2.75, 3.05) is 27.2 Å². The van der Waals surface area contributed by atoms with Gasteiger partial charge < -0.3 is 20.3 Å². The largest absolute Gasteiger partial charge is 0.444 e. The van der Waals surface area contributed by atoms with Gasteiger partial charge in [0.15, 0.2) is 5.96 Å². The van der Waals surface area contributed by atoms with Crippen molar-refractivity contribution in [3.8, 4) is 0 Å². The van der Waals surface area contributed by atoms with Crippen LogP contribution in [0.2, 0.25) is 0 Å². The third-order valence-corrected chi connectivity index (χ3v) is 4.62.